The van der Waals surface area contributed by atoms with Gasteiger partial charge in [0.1, 0.15) is 23.2 Å². The molecule has 53 heavy (non-hydrogen) atoms. The van der Waals surface area contributed by atoms with Crippen LogP contribution in [0.5, 0.6) is 0 Å². The van der Waals surface area contributed by atoms with Gasteiger partial charge in [0.25, 0.3) is 11.5 Å². The number of nitrogens with zero attached hydrogens (tertiary/aromatic N) is 3. The second-order valence-electron chi connectivity index (χ2n) is 15.2. The van der Waals surface area contributed by atoms with E-state index in [1.165, 1.54) is 38.3 Å². The molecule has 4 heterocycles. The molecule has 6 rings (SSSR count). The molecule has 5 atom stereocenters. The first-order valence-corrected chi connectivity index (χ1v) is 20.9. The molecule has 0 spiro atoms. The van der Waals surface area contributed by atoms with Crippen LogP contribution in [-0.4, -0.2) is 81.9 Å². The molecule has 3 fully saturated rings. The van der Waals surface area contributed by atoms with Crippen LogP contribution in [0.25, 0.3) is 22.3 Å². The molecule has 14 nitrogen and oxygen atoms in total. The highest BCUT2D eigenvalue weighted by molar-refractivity contribution is 7.91. The van der Waals surface area contributed by atoms with Gasteiger partial charge in [0.2, 0.25) is 21.8 Å². The Labute approximate surface area is 316 Å². The molecule has 3 N–H and O–H groups in total. The summed E-state index contributed by atoms with van der Waals surface area (Å²) in [6, 6.07) is 0.628. The third-order valence-electron chi connectivity index (χ3n) is 9.71. The third-order valence-corrected chi connectivity index (χ3v) is 12.9. The van der Waals surface area contributed by atoms with E-state index in [4.69, 9.17) is 4.74 Å². The predicted molar refractivity (Wildman–Crippen MR) is 202 cm³/mol. The zero-order chi connectivity index (χ0) is 38.5. The third kappa shape index (κ3) is 7.97. The maximum Gasteiger partial charge on any atom is 0.408 e. The number of hydrogen-bond donors (Lipinski definition) is 3. The number of sulfonamides is 1. The number of carbonyl (C=O) groups is 4. The molecule has 0 bridgehead atoms. The molecule has 284 valence electrons. The summed E-state index contributed by atoms with van der Waals surface area (Å²) in [5.41, 5.74) is -0.239. The zero-order valence-corrected chi connectivity index (χ0v) is 32.6. The van der Waals surface area contributed by atoms with Gasteiger partial charge in [-0.2, -0.15) is 27.8 Å². The van der Waals surface area contributed by atoms with Crippen molar-refractivity contribution < 1.29 is 32.3 Å². The first-order valence-electron chi connectivity index (χ1n) is 17.4. The largest absolute Gasteiger partial charge is 0.444 e. The maximum atomic E-state index is 14.4. The number of amides is 4. The van der Waals surface area contributed by atoms with Crippen LogP contribution < -0.4 is 20.9 Å². The van der Waals surface area contributed by atoms with Crippen LogP contribution in [0, 0.1) is 11.8 Å². The fourth-order valence-corrected chi connectivity index (χ4v) is 9.34. The number of rotatable bonds is 12. The Kier molecular flexibility index (Phi) is 10.5. The average Bonchev–Trinajstić information content (AvgIpc) is 3.80. The van der Waals surface area contributed by atoms with Crippen molar-refractivity contribution in [2.24, 2.45) is 11.8 Å². The van der Waals surface area contributed by atoms with Gasteiger partial charge in [0.05, 0.1) is 23.1 Å². The Morgan fingerprint density at radius 3 is 2.30 bits per heavy atom. The minimum atomic E-state index is -3.92. The lowest BCUT2D eigenvalue weighted by atomic mass is 10.0. The SMILES string of the molecule is C=C[C@@H]1C[C@]1(NC(=O)[C@@H]1C[C@@H](n2ncc(-c3ccsc3)c(-c3ccsc3)c2=O)CN1C(=O)[C@@H](NC(=O)OC(C)(C)C)C(C)C)C(=O)NS(=O)(=O)C1CC1. The number of likely N-dealkylation sites (tertiary alicyclic amines) is 1. The topological polar surface area (TPSA) is 186 Å². The molecule has 0 unspecified atom stereocenters. The average molecular weight is 785 g/mol. The standard InChI is InChI=1S/C36H44N6O8S3/c1-7-23-15-36(23,33(46)40-53(48,49)25-8-9-25)39-30(43)27-14-24(17-41(27)32(45)29(20(2)3)38-34(47)50-35(4,5)6)42-31(44)28(22-11-13-52-19-22)26(16-37-42)21-10-12-51-18-21/h7,10-13,16,18-20,23-25,27,29H,1,8-9,14-15,17H2,2-6H3,(H,38,47)(H,39,43)(H,40,46)/t23-,24-,27+,29+,36-/m1/s1. The van der Waals surface area contributed by atoms with Crippen LogP contribution in [-0.2, 0) is 29.1 Å². The molecule has 3 aromatic rings. The van der Waals surface area contributed by atoms with Gasteiger partial charge in [-0.25, -0.2) is 17.9 Å². The van der Waals surface area contributed by atoms with E-state index in [9.17, 15) is 32.4 Å². The summed E-state index contributed by atoms with van der Waals surface area (Å²) in [6.07, 6.45) is 3.21. The first-order chi connectivity index (χ1) is 25.0. The van der Waals surface area contributed by atoms with Gasteiger partial charge in [-0.1, -0.05) is 19.9 Å². The quantitative estimate of drug-likeness (QED) is 0.228. The molecule has 0 radical (unpaired) electrons. The van der Waals surface area contributed by atoms with Gasteiger partial charge < -0.3 is 20.3 Å². The highest BCUT2D eigenvalue weighted by Crippen LogP contribution is 2.46. The number of thiophene rings is 2. The number of nitrogens with one attached hydrogen (secondary N) is 3. The smallest absolute Gasteiger partial charge is 0.408 e. The summed E-state index contributed by atoms with van der Waals surface area (Å²) in [7, 11) is -3.92. The van der Waals surface area contributed by atoms with Crippen molar-refractivity contribution in [3.63, 3.8) is 0 Å². The Balaban J connectivity index is 1.35. The highest BCUT2D eigenvalue weighted by atomic mass is 32.2. The van der Waals surface area contributed by atoms with Crippen LogP contribution in [0.2, 0.25) is 0 Å². The minimum Gasteiger partial charge on any atom is -0.444 e. The molecular weight excluding hydrogens is 741 g/mol. The summed E-state index contributed by atoms with van der Waals surface area (Å²) >= 11 is 2.92. The summed E-state index contributed by atoms with van der Waals surface area (Å²) in [6.45, 7) is 12.2. The molecule has 4 amide bonds. The second-order valence-corrected chi connectivity index (χ2v) is 18.7. The van der Waals surface area contributed by atoms with E-state index in [0.717, 1.165) is 5.56 Å². The van der Waals surface area contributed by atoms with Gasteiger partial charge in [0.15, 0.2) is 0 Å². The Bertz CT molecular complexity index is 2070. The maximum absolute atomic E-state index is 14.4. The molecule has 1 aliphatic heterocycles. The minimum absolute atomic E-state index is 0.0561. The van der Waals surface area contributed by atoms with Crippen molar-refractivity contribution in [2.45, 2.75) is 94.8 Å². The van der Waals surface area contributed by atoms with Crippen LogP contribution >= 0.6 is 22.7 Å². The number of hydrogen-bond acceptors (Lipinski definition) is 11. The fourth-order valence-electron chi connectivity index (χ4n) is 6.68. The number of ether oxygens (including phenoxy) is 1. The van der Waals surface area contributed by atoms with Crippen LogP contribution in [0.4, 0.5) is 4.79 Å². The molecule has 2 aliphatic carbocycles. The van der Waals surface area contributed by atoms with E-state index in [1.807, 2.05) is 33.7 Å². The van der Waals surface area contributed by atoms with Gasteiger partial charge in [0, 0.05) is 24.4 Å². The van der Waals surface area contributed by atoms with Crippen LogP contribution in [0.15, 0.2) is 57.3 Å². The van der Waals surface area contributed by atoms with Gasteiger partial charge >= 0.3 is 6.09 Å². The van der Waals surface area contributed by atoms with E-state index in [2.05, 4.69) is 27.0 Å². The van der Waals surface area contributed by atoms with Crippen molar-refractivity contribution in [1.82, 2.24) is 30.0 Å². The van der Waals surface area contributed by atoms with E-state index >= 15 is 0 Å². The molecule has 3 aliphatic rings. The van der Waals surface area contributed by atoms with Gasteiger partial charge in [-0.3, -0.25) is 23.9 Å². The molecule has 1 saturated heterocycles. The summed E-state index contributed by atoms with van der Waals surface area (Å²) in [4.78, 5) is 70.8. The lowest BCUT2D eigenvalue weighted by Gasteiger charge is -2.32. The van der Waals surface area contributed by atoms with E-state index in [0.29, 0.717) is 29.5 Å². The Hall–Kier alpha value is -4.35. The van der Waals surface area contributed by atoms with Crippen molar-refractivity contribution >= 4 is 56.5 Å². The Morgan fingerprint density at radius 2 is 1.75 bits per heavy atom. The van der Waals surface area contributed by atoms with Crippen molar-refractivity contribution in [3.8, 4) is 22.3 Å². The van der Waals surface area contributed by atoms with Crippen molar-refractivity contribution in [3.05, 3.63) is 62.9 Å². The predicted octanol–water partition coefficient (Wildman–Crippen LogP) is 4.06. The van der Waals surface area contributed by atoms with Crippen molar-refractivity contribution in [2.75, 3.05) is 6.54 Å². The number of carbonyl (C=O) groups excluding carboxylic acids is 4. The zero-order valence-electron chi connectivity index (χ0n) is 30.2. The molecule has 2 saturated carbocycles. The van der Waals surface area contributed by atoms with Crippen molar-refractivity contribution in [1.29, 1.82) is 0 Å². The summed E-state index contributed by atoms with van der Waals surface area (Å²) in [5, 5.41) is 16.9. The number of aromatic nitrogens is 2. The number of alkyl carbamates (subject to hydrolysis) is 1. The fraction of sp³-hybridized carbons (Fsp3) is 0.500. The highest BCUT2D eigenvalue weighted by Gasteiger charge is 2.62. The summed E-state index contributed by atoms with van der Waals surface area (Å²) < 4.78 is 34.3. The molecular formula is C36H44N6O8S3. The molecule has 3 aromatic heterocycles. The monoisotopic (exact) mass is 784 g/mol. The van der Waals surface area contributed by atoms with E-state index in [1.54, 1.807) is 40.8 Å². The van der Waals surface area contributed by atoms with E-state index in [-0.39, 0.29) is 19.4 Å². The molecule has 17 heteroatoms. The Morgan fingerprint density at radius 1 is 1.09 bits per heavy atom. The normalized spacial score (nSPS) is 23.3. The lowest BCUT2D eigenvalue weighted by Crippen LogP contribution is -2.59. The van der Waals surface area contributed by atoms with Gasteiger partial charge in [-0.05, 0) is 90.7 Å². The van der Waals surface area contributed by atoms with Crippen LogP contribution in [0.3, 0.4) is 0 Å². The first kappa shape index (κ1) is 38.4. The van der Waals surface area contributed by atoms with E-state index < -0.39 is 85.7 Å². The molecule has 0 aromatic carbocycles. The summed E-state index contributed by atoms with van der Waals surface area (Å²) in [5.74, 6) is -3.18. The lowest BCUT2D eigenvalue weighted by molar-refractivity contribution is -0.141. The second kappa shape index (κ2) is 14.5. The van der Waals surface area contributed by atoms with Gasteiger partial charge in [-0.15, -0.1) is 6.58 Å². The van der Waals surface area contributed by atoms with Crippen LogP contribution in [0.1, 0.15) is 66.3 Å².